The number of nitrogens with zero attached hydrogens (tertiary/aromatic N) is 3. The third-order valence-electron chi connectivity index (χ3n) is 6.40. The largest absolute Gasteiger partial charge is 0.462 e. The van der Waals surface area contributed by atoms with Crippen molar-refractivity contribution in [3.8, 4) is 0 Å². The van der Waals surface area contributed by atoms with E-state index in [1.807, 2.05) is 13.0 Å². The number of amides is 1. The van der Waals surface area contributed by atoms with Gasteiger partial charge >= 0.3 is 5.97 Å². The van der Waals surface area contributed by atoms with E-state index in [-0.39, 0.29) is 17.9 Å². The molecule has 1 aromatic rings. The molecule has 0 spiro atoms. The smallest absolute Gasteiger partial charge is 0.339 e. The van der Waals surface area contributed by atoms with E-state index in [0.717, 1.165) is 57.2 Å². The topological polar surface area (TPSA) is 74.8 Å². The van der Waals surface area contributed by atoms with Crippen LogP contribution in [0, 0.1) is 5.92 Å². The van der Waals surface area contributed by atoms with Gasteiger partial charge < -0.3 is 15.0 Å². The molecule has 2 fully saturated rings. The fourth-order valence-electron chi connectivity index (χ4n) is 4.35. The van der Waals surface area contributed by atoms with E-state index >= 15 is 0 Å². The first-order chi connectivity index (χ1) is 14.5. The second-order valence-corrected chi connectivity index (χ2v) is 8.64. The summed E-state index contributed by atoms with van der Waals surface area (Å²) in [6.07, 6.45) is 7.17. The number of ether oxygens (including phenoxy) is 1. The second-order valence-electron chi connectivity index (χ2n) is 8.64. The molecule has 1 saturated heterocycles. The van der Waals surface area contributed by atoms with Crippen molar-refractivity contribution in [2.45, 2.75) is 65.0 Å². The number of rotatable bonds is 6. The van der Waals surface area contributed by atoms with Crippen LogP contribution in [0.4, 0.5) is 5.82 Å². The van der Waals surface area contributed by atoms with E-state index in [1.54, 1.807) is 19.2 Å². The van der Waals surface area contributed by atoms with Crippen molar-refractivity contribution in [2.75, 3.05) is 37.7 Å². The predicted octanol–water partition coefficient (Wildman–Crippen LogP) is 2.85. The Bertz CT molecular complexity index is 701. The van der Waals surface area contributed by atoms with E-state index in [0.29, 0.717) is 18.2 Å². The summed E-state index contributed by atoms with van der Waals surface area (Å²) in [4.78, 5) is 33.6. The molecule has 1 N–H and O–H groups in total. The van der Waals surface area contributed by atoms with Crippen molar-refractivity contribution in [2.24, 2.45) is 5.92 Å². The molecule has 2 aliphatic rings. The van der Waals surface area contributed by atoms with Gasteiger partial charge in [0, 0.05) is 38.4 Å². The van der Waals surface area contributed by atoms with Crippen LogP contribution in [0.15, 0.2) is 18.3 Å². The van der Waals surface area contributed by atoms with E-state index in [2.05, 4.69) is 27.0 Å². The highest BCUT2D eigenvalue weighted by atomic mass is 16.5. The molecule has 1 amide bonds. The molecular formula is C23H36N4O3. The normalized spacial score (nSPS) is 24.0. The first kappa shape index (κ1) is 22.5. The lowest BCUT2D eigenvalue weighted by atomic mass is 9.87. The Morgan fingerprint density at radius 1 is 1.17 bits per heavy atom. The van der Waals surface area contributed by atoms with Gasteiger partial charge in [-0.05, 0) is 64.0 Å². The fraction of sp³-hybridized carbons (Fsp3) is 0.696. The monoisotopic (exact) mass is 416 g/mol. The Hall–Kier alpha value is -2.15. The quantitative estimate of drug-likeness (QED) is 0.719. The summed E-state index contributed by atoms with van der Waals surface area (Å²) in [5.74, 6) is 1.45. The molecule has 1 aliphatic carbocycles. The van der Waals surface area contributed by atoms with Gasteiger partial charge in [0.2, 0.25) is 5.91 Å². The van der Waals surface area contributed by atoms with Crippen molar-refractivity contribution in [3.05, 3.63) is 23.9 Å². The van der Waals surface area contributed by atoms with Crippen LogP contribution in [0.3, 0.4) is 0 Å². The van der Waals surface area contributed by atoms with Gasteiger partial charge in [0.1, 0.15) is 5.82 Å². The maximum absolute atomic E-state index is 12.8. The number of hydrogen-bond donors (Lipinski definition) is 1. The van der Waals surface area contributed by atoms with Gasteiger partial charge in [0.15, 0.2) is 0 Å². The van der Waals surface area contributed by atoms with Crippen LogP contribution in [0.25, 0.3) is 0 Å². The lowest BCUT2D eigenvalue weighted by molar-refractivity contribution is -0.126. The average Bonchev–Trinajstić information content (AvgIpc) is 3.01. The number of pyridine rings is 1. The minimum Gasteiger partial charge on any atom is -0.462 e. The molecule has 1 aliphatic heterocycles. The molecule has 0 bridgehead atoms. The Labute approximate surface area is 180 Å². The molecule has 166 valence electrons. The highest BCUT2D eigenvalue weighted by Gasteiger charge is 2.27. The van der Waals surface area contributed by atoms with Crippen molar-refractivity contribution >= 4 is 17.7 Å². The van der Waals surface area contributed by atoms with Crippen LogP contribution in [0.1, 0.15) is 63.2 Å². The lowest BCUT2D eigenvalue weighted by Gasteiger charge is -2.31. The van der Waals surface area contributed by atoms with Crippen LogP contribution < -0.4 is 10.2 Å². The van der Waals surface area contributed by atoms with Gasteiger partial charge in [0.25, 0.3) is 0 Å². The first-order valence-corrected chi connectivity index (χ1v) is 11.4. The zero-order valence-corrected chi connectivity index (χ0v) is 18.6. The van der Waals surface area contributed by atoms with Gasteiger partial charge in [-0.15, -0.1) is 0 Å². The van der Waals surface area contributed by atoms with Gasteiger partial charge in [-0.25, -0.2) is 9.78 Å². The number of aromatic nitrogens is 1. The molecule has 2 heterocycles. The standard InChI is InChI=1S/C23H36N4O3/c1-4-30-23(29)19-8-11-21(24-16-19)27-13-5-12-26(14-15-27)18(3)22(28)25-20-9-6-17(2)7-10-20/h8,11,16-18,20H,4-7,9-10,12-15H2,1-3H3,(H,25,28). The number of anilines is 1. The highest BCUT2D eigenvalue weighted by molar-refractivity contribution is 5.89. The van der Waals surface area contributed by atoms with E-state index in [9.17, 15) is 9.59 Å². The molecular weight excluding hydrogens is 380 g/mol. The van der Waals surface area contributed by atoms with Gasteiger partial charge in [-0.1, -0.05) is 6.92 Å². The summed E-state index contributed by atoms with van der Waals surface area (Å²) in [5, 5.41) is 3.28. The molecule has 30 heavy (non-hydrogen) atoms. The first-order valence-electron chi connectivity index (χ1n) is 11.4. The van der Waals surface area contributed by atoms with Gasteiger partial charge in [0.05, 0.1) is 18.2 Å². The molecule has 1 unspecified atom stereocenters. The van der Waals surface area contributed by atoms with Crippen molar-refractivity contribution in [3.63, 3.8) is 0 Å². The molecule has 1 atom stereocenters. The Morgan fingerprint density at radius 2 is 1.93 bits per heavy atom. The summed E-state index contributed by atoms with van der Waals surface area (Å²) in [6, 6.07) is 3.86. The summed E-state index contributed by atoms with van der Waals surface area (Å²) in [6.45, 7) is 9.87. The van der Waals surface area contributed by atoms with E-state index < -0.39 is 0 Å². The molecule has 1 aromatic heterocycles. The zero-order valence-electron chi connectivity index (χ0n) is 18.6. The number of hydrogen-bond acceptors (Lipinski definition) is 6. The SMILES string of the molecule is CCOC(=O)c1ccc(N2CCCN(C(C)C(=O)NC3CCC(C)CC3)CC2)nc1. The predicted molar refractivity (Wildman–Crippen MR) is 118 cm³/mol. The molecule has 7 nitrogen and oxygen atoms in total. The zero-order chi connectivity index (χ0) is 21.5. The second kappa shape index (κ2) is 10.8. The highest BCUT2D eigenvalue weighted by Crippen LogP contribution is 2.23. The Morgan fingerprint density at radius 3 is 2.60 bits per heavy atom. The minimum atomic E-state index is -0.342. The minimum absolute atomic E-state index is 0.122. The maximum atomic E-state index is 12.8. The number of esters is 1. The average molecular weight is 417 g/mol. The van der Waals surface area contributed by atoms with Crippen LogP contribution in [-0.4, -0.2) is 66.6 Å². The third-order valence-corrected chi connectivity index (χ3v) is 6.40. The van der Waals surface area contributed by atoms with Crippen LogP contribution in [-0.2, 0) is 9.53 Å². The number of nitrogens with one attached hydrogen (secondary N) is 1. The lowest BCUT2D eigenvalue weighted by Crippen LogP contribution is -2.49. The number of carbonyl (C=O) groups excluding carboxylic acids is 2. The third kappa shape index (κ3) is 5.94. The van der Waals surface area contributed by atoms with Crippen LogP contribution in [0.5, 0.6) is 0 Å². The van der Waals surface area contributed by atoms with E-state index in [4.69, 9.17) is 4.74 Å². The van der Waals surface area contributed by atoms with Gasteiger partial charge in [-0.2, -0.15) is 0 Å². The van der Waals surface area contributed by atoms with Crippen molar-refractivity contribution in [1.29, 1.82) is 0 Å². The Balaban J connectivity index is 1.51. The maximum Gasteiger partial charge on any atom is 0.339 e. The van der Waals surface area contributed by atoms with Crippen LogP contribution >= 0.6 is 0 Å². The summed E-state index contributed by atoms with van der Waals surface area (Å²) in [7, 11) is 0. The molecule has 3 rings (SSSR count). The van der Waals surface area contributed by atoms with Crippen molar-refractivity contribution in [1.82, 2.24) is 15.2 Å². The molecule has 1 saturated carbocycles. The summed E-state index contributed by atoms with van der Waals surface area (Å²) >= 11 is 0. The van der Waals surface area contributed by atoms with Gasteiger partial charge in [-0.3, -0.25) is 9.69 Å². The fourth-order valence-corrected chi connectivity index (χ4v) is 4.35. The van der Waals surface area contributed by atoms with E-state index in [1.165, 1.54) is 12.8 Å². The van der Waals surface area contributed by atoms with Crippen LogP contribution in [0.2, 0.25) is 0 Å². The molecule has 0 aromatic carbocycles. The molecule has 7 heteroatoms. The summed E-state index contributed by atoms with van der Waals surface area (Å²) in [5.41, 5.74) is 0.472. The Kier molecular flexibility index (Phi) is 8.08. The molecule has 0 radical (unpaired) electrons. The summed E-state index contributed by atoms with van der Waals surface area (Å²) < 4.78 is 5.02. The van der Waals surface area contributed by atoms with Crippen molar-refractivity contribution < 1.29 is 14.3 Å². The number of carbonyl (C=O) groups is 2.